The molecule has 40 heavy (non-hydrogen) atoms. The van der Waals surface area contributed by atoms with E-state index < -0.39 is 34.1 Å². The standard InChI is InChI=1S/C30H35Cl2N3O4S/c1-20-10-13-26(14-11-20)40(38,39)35(27-15-12-25(32)16-21(27)2)19-28(36)34(18-23-8-7-9-24(31)17-23)22(3)29(37)33-30(4,5)6/h7-17,22H,18-19H2,1-6H3,(H,33,37)/t22-/m0/s1. The van der Waals surface area contributed by atoms with Crippen LogP contribution in [0.2, 0.25) is 10.0 Å². The summed E-state index contributed by atoms with van der Waals surface area (Å²) in [7, 11) is -4.17. The third-order valence-corrected chi connectivity index (χ3v) is 8.47. The van der Waals surface area contributed by atoms with Crippen LogP contribution >= 0.6 is 23.2 Å². The Morgan fingerprint density at radius 3 is 2.12 bits per heavy atom. The van der Waals surface area contributed by atoms with Gasteiger partial charge in [0.25, 0.3) is 10.0 Å². The van der Waals surface area contributed by atoms with Crippen LogP contribution in [0.3, 0.4) is 0 Å². The van der Waals surface area contributed by atoms with Crippen molar-refractivity contribution >= 4 is 50.7 Å². The second-order valence-electron chi connectivity index (χ2n) is 10.8. The molecule has 0 spiro atoms. The van der Waals surface area contributed by atoms with Crippen LogP contribution in [-0.4, -0.2) is 43.3 Å². The van der Waals surface area contributed by atoms with Gasteiger partial charge in [0, 0.05) is 22.1 Å². The Hall–Kier alpha value is -3.07. The molecule has 0 fully saturated rings. The van der Waals surface area contributed by atoms with Crippen LogP contribution in [0.1, 0.15) is 44.4 Å². The molecule has 1 N–H and O–H groups in total. The number of aryl methyl sites for hydroxylation is 2. The normalized spacial score (nSPS) is 12.5. The Bertz CT molecular complexity index is 1490. The number of hydrogen-bond acceptors (Lipinski definition) is 4. The van der Waals surface area contributed by atoms with Crippen molar-refractivity contribution in [2.24, 2.45) is 0 Å². The number of nitrogens with zero attached hydrogens (tertiary/aromatic N) is 2. The van der Waals surface area contributed by atoms with Crippen LogP contribution < -0.4 is 9.62 Å². The van der Waals surface area contributed by atoms with Crippen LogP contribution in [0.4, 0.5) is 5.69 Å². The molecule has 0 heterocycles. The van der Waals surface area contributed by atoms with Crippen molar-refractivity contribution in [2.45, 2.75) is 64.6 Å². The van der Waals surface area contributed by atoms with E-state index in [0.717, 1.165) is 9.87 Å². The van der Waals surface area contributed by atoms with Crippen molar-refractivity contribution in [3.05, 3.63) is 93.5 Å². The number of carbonyl (C=O) groups is 2. The summed E-state index contributed by atoms with van der Waals surface area (Å²) in [6, 6.07) is 17.3. The minimum Gasteiger partial charge on any atom is -0.350 e. The van der Waals surface area contributed by atoms with E-state index in [9.17, 15) is 18.0 Å². The molecule has 0 aliphatic heterocycles. The molecule has 0 radical (unpaired) electrons. The number of rotatable bonds is 9. The molecule has 1 atom stereocenters. The number of sulfonamides is 1. The van der Waals surface area contributed by atoms with E-state index in [-0.39, 0.29) is 17.3 Å². The average molecular weight is 605 g/mol. The number of amides is 2. The van der Waals surface area contributed by atoms with Gasteiger partial charge >= 0.3 is 0 Å². The molecule has 0 aliphatic carbocycles. The third-order valence-electron chi connectivity index (χ3n) is 6.22. The molecule has 214 valence electrons. The van der Waals surface area contributed by atoms with Gasteiger partial charge < -0.3 is 10.2 Å². The van der Waals surface area contributed by atoms with Crippen LogP contribution in [0.15, 0.2) is 71.6 Å². The molecule has 0 unspecified atom stereocenters. The highest BCUT2D eigenvalue weighted by molar-refractivity contribution is 7.92. The van der Waals surface area contributed by atoms with Crippen LogP contribution in [-0.2, 0) is 26.2 Å². The summed E-state index contributed by atoms with van der Waals surface area (Å²) < 4.78 is 29.0. The summed E-state index contributed by atoms with van der Waals surface area (Å²) in [5, 5.41) is 3.83. The number of nitrogens with one attached hydrogen (secondary N) is 1. The van der Waals surface area contributed by atoms with E-state index in [1.165, 1.54) is 17.0 Å². The van der Waals surface area contributed by atoms with Gasteiger partial charge in [0.15, 0.2) is 0 Å². The number of anilines is 1. The summed E-state index contributed by atoms with van der Waals surface area (Å²) >= 11 is 12.3. The maximum atomic E-state index is 14.0. The van der Waals surface area contributed by atoms with Crippen molar-refractivity contribution in [1.82, 2.24) is 10.2 Å². The van der Waals surface area contributed by atoms with E-state index >= 15 is 0 Å². The maximum Gasteiger partial charge on any atom is 0.264 e. The lowest BCUT2D eigenvalue weighted by atomic mass is 10.1. The largest absolute Gasteiger partial charge is 0.350 e. The van der Waals surface area contributed by atoms with Crippen LogP contribution in [0.5, 0.6) is 0 Å². The Balaban J connectivity index is 2.08. The minimum absolute atomic E-state index is 0.0418. The van der Waals surface area contributed by atoms with Crippen molar-refractivity contribution in [3.63, 3.8) is 0 Å². The Kier molecular flexibility index (Phi) is 9.93. The van der Waals surface area contributed by atoms with E-state index in [4.69, 9.17) is 23.2 Å². The summed E-state index contributed by atoms with van der Waals surface area (Å²) in [6.07, 6.45) is 0. The summed E-state index contributed by atoms with van der Waals surface area (Å²) in [5.41, 5.74) is 1.96. The van der Waals surface area contributed by atoms with Gasteiger partial charge in [-0.3, -0.25) is 13.9 Å². The van der Waals surface area contributed by atoms with Gasteiger partial charge in [0.1, 0.15) is 12.6 Å². The first-order chi connectivity index (χ1) is 18.6. The molecule has 2 amide bonds. The van der Waals surface area contributed by atoms with Crippen LogP contribution in [0.25, 0.3) is 0 Å². The second kappa shape index (κ2) is 12.6. The predicted molar refractivity (Wildman–Crippen MR) is 161 cm³/mol. The van der Waals surface area contributed by atoms with E-state index in [0.29, 0.717) is 26.9 Å². The zero-order valence-electron chi connectivity index (χ0n) is 23.5. The van der Waals surface area contributed by atoms with Gasteiger partial charge in [-0.15, -0.1) is 0 Å². The molecule has 7 nitrogen and oxygen atoms in total. The molecule has 0 aromatic heterocycles. The first kappa shape index (κ1) is 31.5. The third kappa shape index (κ3) is 7.99. The lowest BCUT2D eigenvalue weighted by Crippen LogP contribution is -2.54. The SMILES string of the molecule is Cc1ccc(S(=O)(=O)N(CC(=O)N(Cc2cccc(Cl)c2)[C@@H](C)C(=O)NC(C)(C)C)c2ccc(Cl)cc2C)cc1. The molecule has 3 rings (SSSR count). The smallest absolute Gasteiger partial charge is 0.264 e. The zero-order valence-corrected chi connectivity index (χ0v) is 25.9. The maximum absolute atomic E-state index is 14.0. The molecule has 0 saturated heterocycles. The zero-order chi connectivity index (χ0) is 29.8. The Morgan fingerprint density at radius 1 is 0.925 bits per heavy atom. The molecular formula is C30H35Cl2N3O4S. The van der Waals surface area contributed by atoms with Gasteiger partial charge in [0.2, 0.25) is 11.8 Å². The quantitative estimate of drug-likeness (QED) is 0.318. The first-order valence-electron chi connectivity index (χ1n) is 12.8. The fourth-order valence-corrected chi connectivity index (χ4v) is 6.06. The van der Waals surface area contributed by atoms with Gasteiger partial charge in [-0.25, -0.2) is 8.42 Å². The van der Waals surface area contributed by atoms with Crippen molar-refractivity contribution in [1.29, 1.82) is 0 Å². The topological polar surface area (TPSA) is 86.8 Å². The van der Waals surface area contributed by atoms with Gasteiger partial charge in [-0.05, 0) is 95.1 Å². The summed E-state index contributed by atoms with van der Waals surface area (Å²) in [6.45, 7) is 10.3. The molecule has 0 aliphatic rings. The molecule has 0 bridgehead atoms. The summed E-state index contributed by atoms with van der Waals surface area (Å²) in [5.74, 6) is -0.917. The van der Waals surface area contributed by atoms with Crippen molar-refractivity contribution < 1.29 is 18.0 Å². The van der Waals surface area contributed by atoms with Crippen molar-refractivity contribution in [3.8, 4) is 0 Å². The molecule has 3 aromatic carbocycles. The Morgan fingerprint density at radius 2 is 1.55 bits per heavy atom. The fourth-order valence-electron chi connectivity index (χ4n) is 4.14. The summed E-state index contributed by atoms with van der Waals surface area (Å²) in [4.78, 5) is 28.6. The highest BCUT2D eigenvalue weighted by atomic mass is 35.5. The second-order valence-corrected chi connectivity index (χ2v) is 13.6. The highest BCUT2D eigenvalue weighted by Crippen LogP contribution is 2.29. The van der Waals surface area contributed by atoms with Crippen LogP contribution in [0, 0.1) is 13.8 Å². The average Bonchev–Trinajstić information content (AvgIpc) is 2.85. The number of carbonyl (C=O) groups excluding carboxylic acids is 2. The molecule has 10 heteroatoms. The van der Waals surface area contributed by atoms with E-state index in [1.807, 2.05) is 27.7 Å². The van der Waals surface area contributed by atoms with Crippen molar-refractivity contribution in [2.75, 3.05) is 10.8 Å². The predicted octanol–water partition coefficient (Wildman–Crippen LogP) is 6.14. The van der Waals surface area contributed by atoms with E-state index in [2.05, 4.69) is 5.32 Å². The highest BCUT2D eigenvalue weighted by Gasteiger charge is 2.34. The number of halogens is 2. The first-order valence-corrected chi connectivity index (χ1v) is 15.0. The lowest BCUT2D eigenvalue weighted by molar-refractivity contribution is -0.140. The minimum atomic E-state index is -4.17. The molecule has 3 aromatic rings. The fraction of sp³-hybridized carbons (Fsp3) is 0.333. The molecule has 0 saturated carbocycles. The van der Waals surface area contributed by atoms with Gasteiger partial charge in [-0.2, -0.15) is 0 Å². The van der Waals surface area contributed by atoms with Gasteiger partial charge in [-0.1, -0.05) is 53.0 Å². The van der Waals surface area contributed by atoms with E-state index in [1.54, 1.807) is 68.4 Å². The number of hydrogen-bond donors (Lipinski definition) is 1. The Labute approximate surface area is 247 Å². The lowest BCUT2D eigenvalue weighted by Gasteiger charge is -2.34. The van der Waals surface area contributed by atoms with Gasteiger partial charge in [0.05, 0.1) is 10.6 Å². The molecular weight excluding hydrogens is 569 g/mol. The number of benzene rings is 3. The monoisotopic (exact) mass is 603 g/mol.